The monoisotopic (exact) mass is 558 g/mol. The lowest BCUT2D eigenvalue weighted by Gasteiger charge is -2.71. The first-order valence-electron chi connectivity index (χ1n) is 16.1. The van der Waals surface area contributed by atoms with Crippen molar-refractivity contribution >= 4 is 11.8 Å². The minimum atomic E-state index is -0.818. The van der Waals surface area contributed by atoms with E-state index in [0.717, 1.165) is 55.2 Å². The number of allylic oxidation sites excluding steroid dienone is 3. The summed E-state index contributed by atoms with van der Waals surface area (Å²) < 4.78 is 6.06. The highest BCUT2D eigenvalue weighted by molar-refractivity contribution is 6.06. The fourth-order valence-corrected chi connectivity index (χ4v) is 11.3. The van der Waals surface area contributed by atoms with E-state index < -0.39 is 5.41 Å². The number of carbonyl (C=O) groups is 2. The van der Waals surface area contributed by atoms with Crippen molar-refractivity contribution in [2.24, 2.45) is 50.7 Å². The molecule has 0 amide bonds. The Morgan fingerprint density at radius 2 is 1.66 bits per heavy atom. The molecule has 0 radical (unpaired) electrons. The molecule has 0 spiro atoms. The minimum Gasteiger partial charge on any atom is -0.512 e. The van der Waals surface area contributed by atoms with Gasteiger partial charge in [0, 0.05) is 11.8 Å². The third kappa shape index (κ3) is 3.77. The predicted molar refractivity (Wildman–Crippen MR) is 162 cm³/mol. The first kappa shape index (κ1) is 28.7. The van der Waals surface area contributed by atoms with Crippen LogP contribution in [0.1, 0.15) is 105 Å². The van der Waals surface area contributed by atoms with Gasteiger partial charge < -0.3 is 9.84 Å². The largest absolute Gasteiger partial charge is 0.512 e. The number of rotatable bonds is 4. The zero-order valence-electron chi connectivity index (χ0n) is 26.3. The Bertz CT molecular complexity index is 1320. The molecule has 5 aliphatic carbocycles. The van der Waals surface area contributed by atoms with Gasteiger partial charge in [0.2, 0.25) is 0 Å². The standard InChI is InChI=1S/C37H50O4/c1-23(2)30-26(38)21-37(32(40)41-22-24-11-9-8-10-12-24)20-19-35(6)25(31(30)37)13-14-28-34(5)17-16-29(39)33(3,4)27(34)15-18-36(28,35)7/h8-12,16,23,25,27-28,39H,13-15,17-22H2,1-7H3/t25-,27+,28-,34+,35-,36-,37-/m1/s1. The summed E-state index contributed by atoms with van der Waals surface area (Å²) >= 11 is 0. The zero-order chi connectivity index (χ0) is 29.6. The third-order valence-corrected chi connectivity index (χ3v) is 13.6. The molecule has 0 unspecified atom stereocenters. The van der Waals surface area contributed by atoms with Crippen LogP contribution in [0.4, 0.5) is 0 Å². The molecule has 0 heterocycles. The van der Waals surface area contributed by atoms with Gasteiger partial charge in [-0.05, 0) is 108 Å². The van der Waals surface area contributed by atoms with Crippen molar-refractivity contribution in [1.29, 1.82) is 0 Å². The maximum atomic E-state index is 14.1. The Kier molecular flexibility index (Phi) is 6.53. The van der Waals surface area contributed by atoms with Gasteiger partial charge in [0.25, 0.3) is 0 Å². The number of fused-ring (bicyclic) bond motifs is 7. The number of carbonyl (C=O) groups excluding carboxylic acids is 2. The average molecular weight is 559 g/mol. The first-order chi connectivity index (χ1) is 19.2. The van der Waals surface area contributed by atoms with Gasteiger partial charge in [-0.15, -0.1) is 0 Å². The van der Waals surface area contributed by atoms with Crippen molar-refractivity contribution in [1.82, 2.24) is 0 Å². The van der Waals surface area contributed by atoms with Crippen LogP contribution in [-0.4, -0.2) is 16.9 Å². The SMILES string of the molecule is CC(C)C1=C2[C@H]3CC[C@@H]4[C@@]5(C)CC=C(O)C(C)(C)[C@@H]5CC[C@@]4(C)[C@]3(C)CC[C@@]2(C(=O)OCc2ccccc2)CC1=O. The van der Waals surface area contributed by atoms with Crippen LogP contribution >= 0.6 is 0 Å². The van der Waals surface area contributed by atoms with E-state index >= 15 is 0 Å². The van der Waals surface area contributed by atoms with E-state index in [1.807, 2.05) is 30.3 Å². The number of aliphatic hydroxyl groups is 1. The Labute approximate surface area is 247 Å². The molecule has 0 bridgehead atoms. The molecule has 41 heavy (non-hydrogen) atoms. The summed E-state index contributed by atoms with van der Waals surface area (Å²) in [6, 6.07) is 9.87. The van der Waals surface area contributed by atoms with Gasteiger partial charge in [0.05, 0.1) is 11.2 Å². The van der Waals surface area contributed by atoms with E-state index in [-0.39, 0.29) is 58.3 Å². The summed E-state index contributed by atoms with van der Waals surface area (Å²) in [5.74, 6) is 1.83. The number of benzene rings is 1. The predicted octanol–water partition coefficient (Wildman–Crippen LogP) is 8.76. The lowest BCUT2D eigenvalue weighted by Crippen LogP contribution is -2.64. The molecule has 6 rings (SSSR count). The molecule has 7 atom stereocenters. The molecule has 1 aromatic rings. The molecule has 5 aliphatic rings. The van der Waals surface area contributed by atoms with E-state index in [0.29, 0.717) is 24.0 Å². The Hall–Kier alpha value is -2.36. The van der Waals surface area contributed by atoms with Crippen LogP contribution in [0.25, 0.3) is 0 Å². The topological polar surface area (TPSA) is 63.6 Å². The van der Waals surface area contributed by atoms with Crippen molar-refractivity contribution in [2.75, 3.05) is 0 Å². The molecule has 3 saturated carbocycles. The van der Waals surface area contributed by atoms with E-state index in [4.69, 9.17) is 4.74 Å². The van der Waals surface area contributed by atoms with E-state index in [1.54, 1.807) is 0 Å². The lowest BCUT2D eigenvalue weighted by atomic mass is 9.33. The second kappa shape index (κ2) is 9.32. The fraction of sp³-hybridized carbons (Fsp3) is 0.676. The summed E-state index contributed by atoms with van der Waals surface area (Å²) in [4.78, 5) is 27.9. The Morgan fingerprint density at radius 1 is 0.951 bits per heavy atom. The molecule has 1 aromatic carbocycles. The number of aliphatic hydroxyl groups excluding tert-OH is 1. The zero-order valence-corrected chi connectivity index (χ0v) is 26.3. The van der Waals surface area contributed by atoms with Crippen LogP contribution in [0.5, 0.6) is 0 Å². The number of ether oxygens (including phenoxy) is 1. The molecule has 0 saturated heterocycles. The number of ketones is 1. The van der Waals surface area contributed by atoms with Crippen LogP contribution in [0.15, 0.2) is 53.3 Å². The molecule has 0 aliphatic heterocycles. The van der Waals surface area contributed by atoms with Gasteiger partial charge in [-0.25, -0.2) is 0 Å². The summed E-state index contributed by atoms with van der Waals surface area (Å²) in [5.41, 5.74) is 2.25. The maximum Gasteiger partial charge on any atom is 0.317 e. The van der Waals surface area contributed by atoms with Crippen molar-refractivity contribution in [3.05, 3.63) is 58.9 Å². The molecule has 4 heteroatoms. The van der Waals surface area contributed by atoms with Crippen LogP contribution in [0.2, 0.25) is 0 Å². The number of hydrogen-bond acceptors (Lipinski definition) is 4. The Balaban J connectivity index is 1.39. The number of hydrogen-bond donors (Lipinski definition) is 1. The molecular formula is C37H50O4. The molecule has 4 nitrogen and oxygen atoms in total. The summed E-state index contributed by atoms with van der Waals surface area (Å²) in [6.07, 6.45) is 9.31. The van der Waals surface area contributed by atoms with E-state index in [2.05, 4.69) is 54.5 Å². The van der Waals surface area contributed by atoms with Crippen molar-refractivity contribution in [3.63, 3.8) is 0 Å². The minimum absolute atomic E-state index is 0.000545. The molecule has 222 valence electrons. The smallest absolute Gasteiger partial charge is 0.317 e. The van der Waals surface area contributed by atoms with Crippen LogP contribution in [-0.2, 0) is 20.9 Å². The lowest BCUT2D eigenvalue weighted by molar-refractivity contribution is -0.204. The highest BCUT2D eigenvalue weighted by Gasteiger charge is 2.70. The molecule has 3 fully saturated rings. The van der Waals surface area contributed by atoms with Gasteiger partial charge in [-0.1, -0.05) is 78.8 Å². The number of esters is 1. The fourth-order valence-electron chi connectivity index (χ4n) is 11.3. The van der Waals surface area contributed by atoms with Crippen LogP contribution in [0, 0.1) is 50.7 Å². The van der Waals surface area contributed by atoms with Gasteiger partial charge in [-0.3, -0.25) is 9.59 Å². The molecule has 1 N–H and O–H groups in total. The Morgan fingerprint density at radius 3 is 2.34 bits per heavy atom. The van der Waals surface area contributed by atoms with Crippen molar-refractivity contribution < 1.29 is 19.4 Å². The van der Waals surface area contributed by atoms with Gasteiger partial charge in [0.1, 0.15) is 6.61 Å². The highest BCUT2D eigenvalue weighted by atomic mass is 16.5. The summed E-state index contributed by atoms with van der Waals surface area (Å²) in [5, 5.41) is 10.9. The quantitative estimate of drug-likeness (QED) is 0.375. The molecule has 0 aromatic heterocycles. The van der Waals surface area contributed by atoms with Crippen molar-refractivity contribution in [3.8, 4) is 0 Å². The first-order valence-corrected chi connectivity index (χ1v) is 16.1. The second-order valence-electron chi connectivity index (χ2n) is 15.9. The van der Waals surface area contributed by atoms with Gasteiger partial charge in [0.15, 0.2) is 5.78 Å². The highest BCUT2D eigenvalue weighted by Crippen LogP contribution is 2.76. The number of Topliss-reactive ketones (excluding diaryl/α,β-unsaturated/α-hetero) is 1. The van der Waals surface area contributed by atoms with Crippen LogP contribution in [0.3, 0.4) is 0 Å². The molecular weight excluding hydrogens is 508 g/mol. The van der Waals surface area contributed by atoms with Crippen LogP contribution < -0.4 is 0 Å². The van der Waals surface area contributed by atoms with Crippen molar-refractivity contribution in [2.45, 2.75) is 106 Å². The maximum absolute atomic E-state index is 14.1. The van der Waals surface area contributed by atoms with E-state index in [9.17, 15) is 14.7 Å². The van der Waals surface area contributed by atoms with Gasteiger partial charge in [-0.2, -0.15) is 0 Å². The second-order valence-corrected chi connectivity index (χ2v) is 15.9. The normalized spacial score (nSPS) is 41.2. The summed E-state index contributed by atoms with van der Waals surface area (Å²) in [7, 11) is 0. The van der Waals surface area contributed by atoms with Gasteiger partial charge >= 0.3 is 5.97 Å². The van der Waals surface area contributed by atoms with E-state index in [1.165, 1.54) is 0 Å². The average Bonchev–Trinajstić information content (AvgIpc) is 3.24. The summed E-state index contributed by atoms with van der Waals surface area (Å²) in [6.45, 7) is 16.5. The third-order valence-electron chi connectivity index (χ3n) is 13.6.